The Hall–Kier alpha value is -0.370. The molecule has 2 heteroatoms. The Morgan fingerprint density at radius 1 is 1.00 bits per heavy atom. The molecule has 0 aromatic carbocycles. The van der Waals surface area contributed by atoms with Crippen molar-refractivity contribution in [1.29, 1.82) is 0 Å². The molecular formula is C13H25NS. The number of rotatable bonds is 5. The maximum Gasteiger partial charge on any atom is 0.0438 e. The molecule has 1 rings (SSSR count). The van der Waals surface area contributed by atoms with Crippen LogP contribution < -0.4 is 0 Å². The number of hydrogen-bond acceptors (Lipinski definition) is 2. The highest BCUT2D eigenvalue weighted by atomic mass is 32.1. The molecule has 0 radical (unpaired) electrons. The van der Waals surface area contributed by atoms with Gasteiger partial charge in [0.2, 0.25) is 0 Å². The van der Waals surface area contributed by atoms with Crippen LogP contribution in [-0.2, 0) is 0 Å². The van der Waals surface area contributed by atoms with E-state index in [0.717, 1.165) is 0 Å². The zero-order chi connectivity index (χ0) is 11.5. The summed E-state index contributed by atoms with van der Waals surface area (Å²) in [5, 5.41) is 0. The second-order valence-corrected chi connectivity index (χ2v) is 4.98. The highest BCUT2D eigenvalue weighted by molar-refractivity contribution is 7.05. The standard InChI is InChI=1S/C8H18.C5H7NS/c1-3-5-7-8-6-4-2;1-4-3-6-7-5(4)2/h3-8H2,1-2H3;3H,1-2H3. The number of hydrogen-bond donors (Lipinski definition) is 0. The predicted molar refractivity (Wildman–Crippen MR) is 70.6 cm³/mol. The Morgan fingerprint density at radius 2 is 1.53 bits per heavy atom. The highest BCUT2D eigenvalue weighted by Gasteiger charge is 1.89. The lowest BCUT2D eigenvalue weighted by molar-refractivity contribution is 0.624. The first-order valence-electron chi connectivity index (χ1n) is 6.10. The van der Waals surface area contributed by atoms with E-state index in [0.29, 0.717) is 0 Å². The van der Waals surface area contributed by atoms with Gasteiger partial charge in [-0.2, -0.15) is 0 Å². The third-order valence-corrected chi connectivity index (χ3v) is 3.26. The van der Waals surface area contributed by atoms with Gasteiger partial charge < -0.3 is 0 Å². The fraction of sp³-hybridized carbons (Fsp3) is 0.769. The molecule has 1 aromatic rings. The van der Waals surface area contributed by atoms with Crippen molar-refractivity contribution in [2.24, 2.45) is 0 Å². The molecule has 0 saturated heterocycles. The van der Waals surface area contributed by atoms with Crippen molar-refractivity contribution in [3.05, 3.63) is 16.6 Å². The summed E-state index contributed by atoms with van der Waals surface area (Å²) in [6.07, 6.45) is 10.4. The maximum atomic E-state index is 3.96. The molecule has 1 nitrogen and oxygen atoms in total. The van der Waals surface area contributed by atoms with Gasteiger partial charge in [-0.25, -0.2) is 4.37 Å². The molecule has 0 unspecified atom stereocenters. The second-order valence-electron chi connectivity index (χ2n) is 3.98. The van der Waals surface area contributed by atoms with Crippen LogP contribution in [0.2, 0.25) is 0 Å². The minimum atomic E-state index is 1.30. The zero-order valence-corrected chi connectivity index (χ0v) is 11.5. The average molecular weight is 227 g/mol. The van der Waals surface area contributed by atoms with Crippen molar-refractivity contribution in [2.45, 2.75) is 66.2 Å². The summed E-state index contributed by atoms with van der Waals surface area (Å²) in [4.78, 5) is 1.32. The van der Waals surface area contributed by atoms with Gasteiger partial charge in [-0.05, 0) is 30.9 Å². The molecule has 0 aliphatic rings. The number of unbranched alkanes of at least 4 members (excludes halogenated alkanes) is 5. The molecule has 88 valence electrons. The topological polar surface area (TPSA) is 12.9 Å². The van der Waals surface area contributed by atoms with Crippen LogP contribution in [0.3, 0.4) is 0 Å². The molecule has 0 saturated carbocycles. The second kappa shape index (κ2) is 10.2. The van der Waals surface area contributed by atoms with Gasteiger partial charge in [0.1, 0.15) is 0 Å². The van der Waals surface area contributed by atoms with Crippen molar-refractivity contribution in [3.8, 4) is 0 Å². The Morgan fingerprint density at radius 3 is 1.73 bits per heavy atom. The van der Waals surface area contributed by atoms with Crippen molar-refractivity contribution in [3.63, 3.8) is 0 Å². The number of nitrogens with zero attached hydrogens (tertiary/aromatic N) is 1. The van der Waals surface area contributed by atoms with E-state index in [9.17, 15) is 0 Å². The van der Waals surface area contributed by atoms with Crippen LogP contribution in [0.5, 0.6) is 0 Å². The van der Waals surface area contributed by atoms with E-state index >= 15 is 0 Å². The van der Waals surface area contributed by atoms with Crippen molar-refractivity contribution in [2.75, 3.05) is 0 Å². The van der Waals surface area contributed by atoms with E-state index in [1.807, 2.05) is 6.20 Å². The van der Waals surface area contributed by atoms with Gasteiger partial charge in [-0.3, -0.25) is 0 Å². The Bertz CT molecular complexity index is 208. The van der Waals surface area contributed by atoms with Crippen molar-refractivity contribution < 1.29 is 0 Å². The summed E-state index contributed by atoms with van der Waals surface area (Å²) in [6, 6.07) is 0. The first-order chi connectivity index (χ1) is 7.22. The lowest BCUT2D eigenvalue weighted by Crippen LogP contribution is -1.73. The highest BCUT2D eigenvalue weighted by Crippen LogP contribution is 2.08. The molecule has 15 heavy (non-hydrogen) atoms. The molecule has 0 aliphatic heterocycles. The fourth-order valence-corrected chi connectivity index (χ4v) is 1.77. The minimum Gasteiger partial charge on any atom is -0.201 e. The molecule has 0 amide bonds. The van der Waals surface area contributed by atoms with Crippen LogP contribution in [0, 0.1) is 13.8 Å². The smallest absolute Gasteiger partial charge is 0.0438 e. The predicted octanol–water partition coefficient (Wildman–Crippen LogP) is 5.13. The summed E-state index contributed by atoms with van der Waals surface area (Å²) in [6.45, 7) is 8.66. The van der Waals surface area contributed by atoms with Gasteiger partial charge in [-0.1, -0.05) is 52.4 Å². The van der Waals surface area contributed by atoms with Gasteiger partial charge in [0, 0.05) is 11.1 Å². The summed E-state index contributed by atoms with van der Waals surface area (Å²) in [7, 11) is 0. The molecule has 1 heterocycles. The third-order valence-electron chi connectivity index (χ3n) is 2.45. The third kappa shape index (κ3) is 8.61. The molecule has 0 bridgehead atoms. The lowest BCUT2D eigenvalue weighted by Gasteiger charge is -1.93. The van der Waals surface area contributed by atoms with E-state index in [-0.39, 0.29) is 0 Å². The van der Waals surface area contributed by atoms with Crippen LogP contribution in [-0.4, -0.2) is 4.37 Å². The zero-order valence-electron chi connectivity index (χ0n) is 10.7. The molecule has 0 N–H and O–H groups in total. The molecule has 0 spiro atoms. The summed E-state index contributed by atoms with van der Waals surface area (Å²) < 4.78 is 3.96. The minimum absolute atomic E-state index is 1.30. The monoisotopic (exact) mass is 227 g/mol. The van der Waals surface area contributed by atoms with E-state index < -0.39 is 0 Å². The van der Waals surface area contributed by atoms with Gasteiger partial charge in [0.15, 0.2) is 0 Å². The van der Waals surface area contributed by atoms with Crippen LogP contribution in [0.15, 0.2) is 6.20 Å². The Labute approximate surface area is 99.1 Å². The molecule has 1 aromatic heterocycles. The molecule has 0 atom stereocenters. The van der Waals surface area contributed by atoms with Crippen molar-refractivity contribution in [1.82, 2.24) is 4.37 Å². The lowest BCUT2D eigenvalue weighted by atomic mass is 10.1. The van der Waals surface area contributed by atoms with Gasteiger partial charge in [0.25, 0.3) is 0 Å². The van der Waals surface area contributed by atoms with Gasteiger partial charge in [-0.15, -0.1) is 0 Å². The number of aromatic nitrogens is 1. The summed E-state index contributed by atoms with van der Waals surface area (Å²) >= 11 is 1.55. The normalized spacial score (nSPS) is 9.60. The Balaban J connectivity index is 0.000000262. The van der Waals surface area contributed by atoms with Gasteiger partial charge in [0.05, 0.1) is 0 Å². The summed E-state index contributed by atoms with van der Waals surface area (Å²) in [5.74, 6) is 0. The van der Waals surface area contributed by atoms with E-state index in [2.05, 4.69) is 32.1 Å². The quantitative estimate of drug-likeness (QED) is 0.636. The van der Waals surface area contributed by atoms with Crippen LogP contribution >= 0.6 is 11.5 Å². The number of aryl methyl sites for hydroxylation is 2. The van der Waals surface area contributed by atoms with E-state index in [1.165, 1.54) is 49.0 Å². The fourth-order valence-electron chi connectivity index (χ4n) is 1.20. The average Bonchev–Trinajstić information content (AvgIpc) is 2.60. The summed E-state index contributed by atoms with van der Waals surface area (Å²) in [5.41, 5.74) is 1.30. The first-order valence-corrected chi connectivity index (χ1v) is 6.87. The maximum absolute atomic E-state index is 3.96. The Kier molecular flexibility index (Phi) is 9.91. The van der Waals surface area contributed by atoms with E-state index in [4.69, 9.17) is 0 Å². The molecular weight excluding hydrogens is 202 g/mol. The van der Waals surface area contributed by atoms with Crippen LogP contribution in [0.4, 0.5) is 0 Å². The van der Waals surface area contributed by atoms with E-state index in [1.54, 1.807) is 11.5 Å². The largest absolute Gasteiger partial charge is 0.201 e. The molecule has 0 aliphatic carbocycles. The molecule has 0 fully saturated rings. The SMILES string of the molecule is CCCCCCCC.Cc1cnsc1C. The van der Waals surface area contributed by atoms with Crippen LogP contribution in [0.1, 0.15) is 62.8 Å². The van der Waals surface area contributed by atoms with Crippen molar-refractivity contribution >= 4 is 11.5 Å². The van der Waals surface area contributed by atoms with Gasteiger partial charge >= 0.3 is 0 Å². The van der Waals surface area contributed by atoms with Crippen LogP contribution in [0.25, 0.3) is 0 Å². The first kappa shape index (κ1) is 14.6.